The average Bonchev–Trinajstić information content (AvgIpc) is 3.15. The quantitative estimate of drug-likeness (QED) is 0.735. The van der Waals surface area contributed by atoms with Crippen LogP contribution in [0.15, 0.2) is 44.5 Å². The van der Waals surface area contributed by atoms with Gasteiger partial charge in [0.2, 0.25) is 21.7 Å². The van der Waals surface area contributed by atoms with Crippen LogP contribution in [0.1, 0.15) is 11.7 Å². The van der Waals surface area contributed by atoms with Crippen molar-refractivity contribution in [3.8, 4) is 11.5 Å². The molecule has 9 nitrogen and oxygen atoms in total. The van der Waals surface area contributed by atoms with E-state index in [2.05, 4.69) is 25.0 Å². The Kier molecular flexibility index (Phi) is 3.69. The van der Waals surface area contributed by atoms with Crippen molar-refractivity contribution in [2.24, 2.45) is 0 Å². The minimum absolute atomic E-state index is 0.0573. The maximum atomic E-state index is 12.0. The first kappa shape index (κ1) is 14.4. The van der Waals surface area contributed by atoms with E-state index in [0.717, 1.165) is 0 Å². The number of aromatic nitrogens is 4. The summed E-state index contributed by atoms with van der Waals surface area (Å²) in [6.45, 7) is 1.60. The molecule has 0 amide bonds. The highest BCUT2D eigenvalue weighted by molar-refractivity contribution is 7.89. The normalized spacial score (nSPS) is 11.7. The van der Waals surface area contributed by atoms with Crippen molar-refractivity contribution in [2.45, 2.75) is 18.4 Å². The van der Waals surface area contributed by atoms with Crippen LogP contribution in [0.3, 0.4) is 0 Å². The molecule has 3 heterocycles. The van der Waals surface area contributed by atoms with Gasteiger partial charge in [-0.15, -0.1) is 0 Å². The summed E-state index contributed by atoms with van der Waals surface area (Å²) in [4.78, 5) is 7.87. The molecule has 0 saturated carbocycles. The first-order valence-corrected chi connectivity index (χ1v) is 7.69. The number of sulfonamides is 1. The smallest absolute Gasteiger partial charge is 0.242 e. The highest BCUT2D eigenvalue weighted by Gasteiger charge is 2.17. The van der Waals surface area contributed by atoms with E-state index in [1.54, 1.807) is 13.0 Å². The third-order valence-electron chi connectivity index (χ3n) is 2.68. The van der Waals surface area contributed by atoms with Crippen LogP contribution in [0.5, 0.6) is 0 Å². The summed E-state index contributed by atoms with van der Waals surface area (Å²) in [6.07, 6.45) is 2.74. The number of nitrogens with zero attached hydrogens (tertiary/aromatic N) is 4. The second-order valence-corrected chi connectivity index (χ2v) is 6.11. The van der Waals surface area contributed by atoms with E-state index < -0.39 is 10.0 Å². The molecule has 3 aromatic rings. The van der Waals surface area contributed by atoms with Gasteiger partial charge in [-0.1, -0.05) is 10.3 Å². The van der Waals surface area contributed by atoms with Crippen LogP contribution < -0.4 is 4.72 Å². The molecule has 0 spiro atoms. The zero-order chi connectivity index (χ0) is 15.6. The molecule has 0 atom stereocenters. The van der Waals surface area contributed by atoms with Crippen LogP contribution in [0.2, 0.25) is 0 Å². The van der Waals surface area contributed by atoms with Crippen molar-refractivity contribution >= 4 is 10.0 Å². The molecule has 22 heavy (non-hydrogen) atoms. The molecule has 0 fully saturated rings. The molecule has 114 valence electrons. The lowest BCUT2D eigenvalue weighted by molar-refractivity contribution is 0.374. The Balaban J connectivity index is 1.71. The van der Waals surface area contributed by atoms with Crippen molar-refractivity contribution in [3.63, 3.8) is 0 Å². The molecule has 0 saturated heterocycles. The molecule has 10 heteroatoms. The highest BCUT2D eigenvalue weighted by atomic mass is 32.2. The summed E-state index contributed by atoms with van der Waals surface area (Å²) in [6, 6.07) is 4.62. The van der Waals surface area contributed by atoms with Crippen LogP contribution >= 0.6 is 0 Å². The predicted molar refractivity (Wildman–Crippen MR) is 72.8 cm³/mol. The van der Waals surface area contributed by atoms with Gasteiger partial charge in [-0.3, -0.25) is 4.98 Å². The number of pyridine rings is 1. The van der Waals surface area contributed by atoms with Crippen LogP contribution in [0.4, 0.5) is 0 Å². The minimum Gasteiger partial charge on any atom is -0.361 e. The summed E-state index contributed by atoms with van der Waals surface area (Å²) >= 11 is 0. The molecule has 0 bridgehead atoms. The molecule has 0 aromatic carbocycles. The summed E-state index contributed by atoms with van der Waals surface area (Å²) < 4.78 is 36.3. The SMILES string of the molecule is Cc1cc(-c2noc(CNS(=O)(=O)c3cccnc3)n2)no1. The maximum Gasteiger partial charge on any atom is 0.242 e. The van der Waals surface area contributed by atoms with E-state index in [1.807, 2.05) is 0 Å². The summed E-state index contributed by atoms with van der Waals surface area (Å²) in [5.74, 6) is 0.953. The lowest BCUT2D eigenvalue weighted by atomic mass is 10.4. The van der Waals surface area contributed by atoms with Gasteiger partial charge in [0.15, 0.2) is 5.69 Å². The second kappa shape index (κ2) is 5.66. The lowest BCUT2D eigenvalue weighted by Gasteiger charge is -2.03. The zero-order valence-corrected chi connectivity index (χ0v) is 12.2. The van der Waals surface area contributed by atoms with E-state index in [0.29, 0.717) is 11.5 Å². The van der Waals surface area contributed by atoms with Gasteiger partial charge in [-0.25, -0.2) is 13.1 Å². The van der Waals surface area contributed by atoms with Crippen LogP contribution in [-0.4, -0.2) is 28.7 Å². The molecular weight excluding hydrogens is 310 g/mol. The Labute approximate surface area is 125 Å². The van der Waals surface area contributed by atoms with Gasteiger partial charge in [0.1, 0.15) is 10.7 Å². The van der Waals surface area contributed by atoms with Gasteiger partial charge in [0.05, 0.1) is 6.54 Å². The molecule has 1 N–H and O–H groups in total. The van der Waals surface area contributed by atoms with Crippen molar-refractivity contribution in [1.82, 2.24) is 25.0 Å². The molecule has 0 aliphatic carbocycles. The van der Waals surface area contributed by atoms with E-state index in [-0.39, 0.29) is 23.2 Å². The molecule has 0 aliphatic heterocycles. The number of hydrogen-bond donors (Lipinski definition) is 1. The highest BCUT2D eigenvalue weighted by Crippen LogP contribution is 2.15. The molecule has 0 radical (unpaired) electrons. The first-order chi connectivity index (χ1) is 10.5. The molecule has 0 unspecified atom stereocenters. The Bertz CT molecular complexity index is 872. The van der Waals surface area contributed by atoms with E-state index in [9.17, 15) is 8.42 Å². The first-order valence-electron chi connectivity index (χ1n) is 6.20. The summed E-state index contributed by atoms with van der Waals surface area (Å²) in [7, 11) is -3.68. The Morgan fingerprint density at radius 3 is 2.82 bits per heavy atom. The van der Waals surface area contributed by atoms with Crippen molar-refractivity contribution in [2.75, 3.05) is 0 Å². The van der Waals surface area contributed by atoms with Gasteiger partial charge in [0.25, 0.3) is 0 Å². The molecule has 3 aromatic heterocycles. The fourth-order valence-corrected chi connectivity index (χ4v) is 2.59. The van der Waals surface area contributed by atoms with E-state index in [4.69, 9.17) is 9.05 Å². The largest absolute Gasteiger partial charge is 0.361 e. The zero-order valence-electron chi connectivity index (χ0n) is 11.4. The Hall–Kier alpha value is -2.59. The van der Waals surface area contributed by atoms with Crippen LogP contribution in [0, 0.1) is 6.92 Å². The van der Waals surface area contributed by atoms with Gasteiger partial charge < -0.3 is 9.05 Å². The Morgan fingerprint density at radius 1 is 1.27 bits per heavy atom. The van der Waals surface area contributed by atoms with Gasteiger partial charge in [-0.05, 0) is 19.1 Å². The van der Waals surface area contributed by atoms with Gasteiger partial charge in [0, 0.05) is 18.5 Å². The van der Waals surface area contributed by atoms with Crippen LogP contribution in [-0.2, 0) is 16.6 Å². The number of nitrogens with one attached hydrogen (secondary N) is 1. The third kappa shape index (κ3) is 3.02. The van der Waals surface area contributed by atoms with Crippen molar-refractivity contribution in [3.05, 3.63) is 42.2 Å². The number of aryl methyl sites for hydroxylation is 1. The number of rotatable bonds is 5. The standard InChI is InChI=1S/C12H11N5O4S/c1-8-5-10(16-20-8)12-15-11(21-17-12)7-14-22(18,19)9-3-2-4-13-6-9/h2-6,14H,7H2,1H3. The average molecular weight is 321 g/mol. The fourth-order valence-electron chi connectivity index (χ4n) is 1.65. The van der Waals surface area contributed by atoms with Gasteiger partial charge in [-0.2, -0.15) is 4.98 Å². The molecular formula is C12H11N5O4S. The lowest BCUT2D eigenvalue weighted by Crippen LogP contribution is -2.23. The monoisotopic (exact) mass is 321 g/mol. The predicted octanol–water partition coefficient (Wildman–Crippen LogP) is 0.907. The topological polar surface area (TPSA) is 124 Å². The summed E-state index contributed by atoms with van der Waals surface area (Å²) in [5, 5.41) is 7.47. The molecule has 0 aliphatic rings. The van der Waals surface area contributed by atoms with Crippen molar-refractivity contribution < 1.29 is 17.5 Å². The Morgan fingerprint density at radius 2 is 2.14 bits per heavy atom. The minimum atomic E-state index is -3.68. The molecule has 3 rings (SSSR count). The maximum absolute atomic E-state index is 12.0. The van der Waals surface area contributed by atoms with E-state index >= 15 is 0 Å². The van der Waals surface area contributed by atoms with Crippen molar-refractivity contribution in [1.29, 1.82) is 0 Å². The summed E-state index contributed by atoms with van der Waals surface area (Å²) in [5.41, 5.74) is 0.419. The second-order valence-electron chi connectivity index (χ2n) is 4.35. The van der Waals surface area contributed by atoms with Crippen LogP contribution in [0.25, 0.3) is 11.5 Å². The number of hydrogen-bond acceptors (Lipinski definition) is 8. The van der Waals surface area contributed by atoms with E-state index in [1.165, 1.54) is 24.5 Å². The third-order valence-corrected chi connectivity index (χ3v) is 4.07. The fraction of sp³-hybridized carbons (Fsp3) is 0.167. The van der Waals surface area contributed by atoms with Gasteiger partial charge >= 0.3 is 0 Å².